The normalized spacial score (nSPS) is 33.4. The molecule has 0 bridgehead atoms. The number of nitrogens with zero attached hydrogens (tertiary/aromatic N) is 2. The second-order valence-electron chi connectivity index (χ2n) is 5.38. The highest BCUT2D eigenvalue weighted by Crippen LogP contribution is 2.50. The summed E-state index contributed by atoms with van der Waals surface area (Å²) in [5.74, 6) is -0.620. The molecule has 1 heterocycles. The first-order chi connectivity index (χ1) is 9.23. The molecule has 4 nitrogen and oxygen atoms in total. The predicted molar refractivity (Wildman–Crippen MR) is 80.6 cm³/mol. The molecule has 0 saturated carbocycles. The lowest BCUT2D eigenvalue weighted by atomic mass is 9.74. The number of anilines is 1. The number of hydrogen-bond donors (Lipinski definition) is 2. The number of hydrogen-bond acceptors (Lipinski definition) is 5. The van der Waals surface area contributed by atoms with Gasteiger partial charge >= 0.3 is 0 Å². The van der Waals surface area contributed by atoms with Crippen LogP contribution >= 0.6 is 11.8 Å². The van der Waals surface area contributed by atoms with Crippen molar-refractivity contribution in [3.05, 3.63) is 29.6 Å². The number of nitriles is 1. The summed E-state index contributed by atoms with van der Waals surface area (Å²) in [6.07, 6.45) is 0. The van der Waals surface area contributed by atoms with Gasteiger partial charge in [-0.15, -0.1) is 0 Å². The fourth-order valence-electron chi connectivity index (χ4n) is 2.53. The standard InChI is InChI=1S/C14H17FN4S/c1-8-13(2,7-16)20-12(18)19-14(8,3)10-6-9(17)4-5-11(10)15/h4-6,8H,17H2,1-3H3,(H2,18,19)/t8-,13-,14+/m1/s1. The van der Waals surface area contributed by atoms with Gasteiger partial charge in [0.05, 0.1) is 11.6 Å². The minimum Gasteiger partial charge on any atom is -0.399 e. The van der Waals surface area contributed by atoms with Gasteiger partial charge in [-0.05, 0) is 32.0 Å². The third-order valence-corrected chi connectivity index (χ3v) is 5.26. The SMILES string of the molecule is C[C@@H]1[C@@](C)(C#N)SC(N)=N[C@]1(C)c1cc(N)ccc1F. The molecule has 0 spiro atoms. The van der Waals surface area contributed by atoms with Crippen LogP contribution in [-0.4, -0.2) is 9.91 Å². The fourth-order valence-corrected chi connectivity index (χ4v) is 3.66. The van der Waals surface area contributed by atoms with E-state index >= 15 is 0 Å². The molecule has 0 unspecified atom stereocenters. The molecule has 106 valence electrons. The van der Waals surface area contributed by atoms with Gasteiger partial charge in [-0.25, -0.2) is 4.39 Å². The van der Waals surface area contributed by atoms with Gasteiger partial charge in [0.15, 0.2) is 5.17 Å². The van der Waals surface area contributed by atoms with Crippen molar-refractivity contribution in [2.24, 2.45) is 16.6 Å². The Kier molecular flexibility index (Phi) is 3.42. The molecule has 6 heteroatoms. The Morgan fingerprint density at radius 3 is 2.65 bits per heavy atom. The molecule has 0 saturated heterocycles. The van der Waals surface area contributed by atoms with Crippen molar-refractivity contribution < 1.29 is 4.39 Å². The molecule has 3 atom stereocenters. The molecule has 0 fully saturated rings. The zero-order valence-electron chi connectivity index (χ0n) is 11.6. The number of aliphatic imine (C=N–C) groups is 1. The van der Waals surface area contributed by atoms with Crippen LogP contribution in [0.5, 0.6) is 0 Å². The lowest BCUT2D eigenvalue weighted by molar-refractivity contribution is 0.284. The van der Waals surface area contributed by atoms with Crippen molar-refractivity contribution in [3.63, 3.8) is 0 Å². The Labute approximate surface area is 122 Å². The van der Waals surface area contributed by atoms with Gasteiger partial charge in [-0.3, -0.25) is 4.99 Å². The third-order valence-electron chi connectivity index (χ3n) is 4.09. The molecule has 1 aliphatic heterocycles. The van der Waals surface area contributed by atoms with E-state index in [4.69, 9.17) is 11.5 Å². The first-order valence-corrected chi connectivity index (χ1v) is 7.05. The number of nitrogen functional groups attached to an aromatic ring is 1. The number of nitrogens with two attached hydrogens (primary N) is 2. The maximum Gasteiger partial charge on any atom is 0.156 e. The van der Waals surface area contributed by atoms with Crippen LogP contribution in [0.15, 0.2) is 23.2 Å². The summed E-state index contributed by atoms with van der Waals surface area (Å²) in [4.78, 5) is 4.42. The van der Waals surface area contributed by atoms with E-state index in [9.17, 15) is 9.65 Å². The molecule has 1 aromatic rings. The van der Waals surface area contributed by atoms with Crippen molar-refractivity contribution in [3.8, 4) is 6.07 Å². The quantitative estimate of drug-likeness (QED) is 0.779. The maximum atomic E-state index is 14.2. The molecular weight excluding hydrogens is 275 g/mol. The summed E-state index contributed by atoms with van der Waals surface area (Å²) in [5, 5.41) is 9.73. The highest BCUT2D eigenvalue weighted by molar-refractivity contribution is 8.15. The number of benzene rings is 1. The average molecular weight is 292 g/mol. The first-order valence-electron chi connectivity index (χ1n) is 6.24. The van der Waals surface area contributed by atoms with E-state index in [2.05, 4.69) is 11.1 Å². The summed E-state index contributed by atoms with van der Waals surface area (Å²) in [7, 11) is 0. The minimum atomic E-state index is -0.917. The first kappa shape index (κ1) is 14.7. The topological polar surface area (TPSA) is 88.2 Å². The van der Waals surface area contributed by atoms with Crippen molar-refractivity contribution in [2.75, 3.05) is 5.73 Å². The number of halogens is 1. The van der Waals surface area contributed by atoms with Gasteiger partial charge in [0.1, 0.15) is 10.6 Å². The zero-order chi connectivity index (χ0) is 15.1. The highest BCUT2D eigenvalue weighted by atomic mass is 32.2. The zero-order valence-corrected chi connectivity index (χ0v) is 12.5. The Balaban J connectivity index is 2.66. The van der Waals surface area contributed by atoms with Gasteiger partial charge in [0.2, 0.25) is 0 Å². The van der Waals surface area contributed by atoms with Gasteiger partial charge in [0.25, 0.3) is 0 Å². The predicted octanol–water partition coefficient (Wildman–Crippen LogP) is 2.60. The van der Waals surface area contributed by atoms with Crippen molar-refractivity contribution in [1.82, 2.24) is 0 Å². The van der Waals surface area contributed by atoms with E-state index in [0.29, 0.717) is 11.3 Å². The van der Waals surface area contributed by atoms with Gasteiger partial charge in [-0.1, -0.05) is 18.7 Å². The van der Waals surface area contributed by atoms with Crippen LogP contribution in [0, 0.1) is 23.1 Å². The molecule has 1 aromatic carbocycles. The maximum absolute atomic E-state index is 14.2. The Bertz CT molecular complexity index is 624. The van der Waals surface area contributed by atoms with E-state index in [1.807, 2.05) is 6.92 Å². The largest absolute Gasteiger partial charge is 0.399 e. The molecule has 0 aliphatic carbocycles. The Hall–Kier alpha value is -1.74. The smallest absolute Gasteiger partial charge is 0.156 e. The van der Waals surface area contributed by atoms with Crippen LogP contribution in [0.25, 0.3) is 0 Å². The molecule has 20 heavy (non-hydrogen) atoms. The molecule has 4 N–H and O–H groups in total. The molecule has 0 radical (unpaired) electrons. The van der Waals surface area contributed by atoms with Crippen LogP contribution in [0.4, 0.5) is 10.1 Å². The van der Waals surface area contributed by atoms with E-state index in [0.717, 1.165) is 0 Å². The summed E-state index contributed by atoms with van der Waals surface area (Å²) in [6.45, 7) is 5.47. The highest BCUT2D eigenvalue weighted by Gasteiger charge is 2.50. The van der Waals surface area contributed by atoms with Crippen molar-refractivity contribution in [2.45, 2.75) is 31.1 Å². The second kappa shape index (κ2) is 4.67. The van der Waals surface area contributed by atoms with Crippen LogP contribution in [0.2, 0.25) is 0 Å². The van der Waals surface area contributed by atoms with Crippen LogP contribution < -0.4 is 11.5 Å². The molecule has 1 aliphatic rings. The van der Waals surface area contributed by atoms with E-state index in [1.54, 1.807) is 19.9 Å². The van der Waals surface area contributed by atoms with E-state index in [1.165, 1.54) is 23.9 Å². The fraction of sp³-hybridized carbons (Fsp3) is 0.429. The molecule has 2 rings (SSSR count). The number of amidine groups is 1. The van der Waals surface area contributed by atoms with Crippen molar-refractivity contribution in [1.29, 1.82) is 5.26 Å². The number of thioether (sulfide) groups is 1. The Morgan fingerprint density at radius 2 is 2.05 bits per heavy atom. The molecular formula is C14H17FN4S. The van der Waals surface area contributed by atoms with Gasteiger partial charge in [-0.2, -0.15) is 5.26 Å². The number of rotatable bonds is 1. The summed E-state index contributed by atoms with van der Waals surface area (Å²) in [5.41, 5.74) is 11.5. The molecule has 0 amide bonds. The van der Waals surface area contributed by atoms with Gasteiger partial charge in [0, 0.05) is 17.2 Å². The summed E-state index contributed by atoms with van der Waals surface area (Å²) < 4.78 is 13.4. The monoisotopic (exact) mass is 292 g/mol. The molecule has 0 aromatic heterocycles. The van der Waals surface area contributed by atoms with Crippen molar-refractivity contribution >= 4 is 22.6 Å². The lowest BCUT2D eigenvalue weighted by Crippen LogP contribution is -2.47. The van der Waals surface area contributed by atoms with E-state index in [-0.39, 0.29) is 11.1 Å². The Morgan fingerprint density at radius 1 is 1.40 bits per heavy atom. The average Bonchev–Trinajstić information content (AvgIpc) is 2.38. The summed E-state index contributed by atoms with van der Waals surface area (Å²) >= 11 is 1.22. The summed E-state index contributed by atoms with van der Waals surface area (Å²) in [6, 6.07) is 6.65. The van der Waals surface area contributed by atoms with Crippen LogP contribution in [0.3, 0.4) is 0 Å². The second-order valence-corrected chi connectivity index (χ2v) is 6.85. The van der Waals surface area contributed by atoms with Crippen LogP contribution in [-0.2, 0) is 5.54 Å². The van der Waals surface area contributed by atoms with E-state index < -0.39 is 16.1 Å². The van der Waals surface area contributed by atoms with Gasteiger partial charge < -0.3 is 11.5 Å². The third kappa shape index (κ3) is 2.12. The lowest BCUT2D eigenvalue weighted by Gasteiger charge is -2.43. The minimum absolute atomic E-state index is 0.228. The van der Waals surface area contributed by atoms with Crippen LogP contribution in [0.1, 0.15) is 26.3 Å².